The van der Waals surface area contributed by atoms with Gasteiger partial charge >= 0.3 is 11.9 Å². The summed E-state index contributed by atoms with van der Waals surface area (Å²) >= 11 is 0. The average molecular weight is 935 g/mol. The predicted molar refractivity (Wildman–Crippen MR) is 297 cm³/mol. The van der Waals surface area contributed by atoms with Crippen LogP contribution in [0, 0.1) is 0 Å². The minimum Gasteiger partial charge on any atom is -0.462 e. The van der Waals surface area contributed by atoms with Crippen LogP contribution in [-0.2, 0) is 23.8 Å². The molecular formula is C63H98O5. The maximum absolute atomic E-state index is 12.8. The van der Waals surface area contributed by atoms with Gasteiger partial charge in [-0.25, -0.2) is 0 Å². The van der Waals surface area contributed by atoms with Crippen LogP contribution < -0.4 is 0 Å². The summed E-state index contributed by atoms with van der Waals surface area (Å²) in [6.07, 6.45) is 84.1. The molecule has 0 bridgehead atoms. The summed E-state index contributed by atoms with van der Waals surface area (Å²) in [4.78, 5) is 25.4. The first-order valence-electron chi connectivity index (χ1n) is 27.0. The third kappa shape index (κ3) is 54.1. The lowest BCUT2D eigenvalue weighted by molar-refractivity contribution is -0.162. The zero-order valence-corrected chi connectivity index (χ0v) is 43.6. The Morgan fingerprint density at radius 2 is 0.691 bits per heavy atom. The number of carbonyl (C=O) groups excluding carboxylic acids is 2. The van der Waals surface area contributed by atoms with E-state index in [1.165, 1.54) is 19.3 Å². The van der Waals surface area contributed by atoms with Gasteiger partial charge in [-0.3, -0.25) is 9.59 Å². The van der Waals surface area contributed by atoms with Crippen molar-refractivity contribution in [2.24, 2.45) is 0 Å². The highest BCUT2D eigenvalue weighted by Crippen LogP contribution is 2.11. The predicted octanol–water partition coefficient (Wildman–Crippen LogP) is 18.7. The van der Waals surface area contributed by atoms with Crippen LogP contribution in [0.3, 0.4) is 0 Å². The van der Waals surface area contributed by atoms with Gasteiger partial charge in [-0.05, 0) is 128 Å². The van der Waals surface area contributed by atoms with Gasteiger partial charge in [0.05, 0.1) is 6.61 Å². The Morgan fingerprint density at radius 1 is 0.338 bits per heavy atom. The fourth-order valence-electron chi connectivity index (χ4n) is 6.60. The highest BCUT2D eigenvalue weighted by atomic mass is 16.6. The van der Waals surface area contributed by atoms with Crippen molar-refractivity contribution in [2.75, 3.05) is 19.8 Å². The molecule has 0 rings (SSSR count). The van der Waals surface area contributed by atoms with Gasteiger partial charge in [0.15, 0.2) is 6.10 Å². The number of carbonyl (C=O) groups is 2. The van der Waals surface area contributed by atoms with Crippen molar-refractivity contribution in [1.82, 2.24) is 0 Å². The smallest absolute Gasteiger partial charge is 0.306 e. The molecule has 0 saturated heterocycles. The summed E-state index contributed by atoms with van der Waals surface area (Å²) in [5.74, 6) is -0.539. The van der Waals surface area contributed by atoms with Crippen molar-refractivity contribution in [2.45, 2.75) is 207 Å². The van der Waals surface area contributed by atoms with Gasteiger partial charge in [-0.1, -0.05) is 217 Å². The fraction of sp³-hybridized carbons (Fsp3) is 0.556. The summed E-state index contributed by atoms with van der Waals surface area (Å²) in [6.45, 7) is 7.36. The van der Waals surface area contributed by atoms with Crippen LogP contribution in [0.5, 0.6) is 0 Å². The van der Waals surface area contributed by atoms with E-state index < -0.39 is 6.10 Å². The van der Waals surface area contributed by atoms with Gasteiger partial charge in [0.2, 0.25) is 0 Å². The molecule has 5 nitrogen and oxygen atoms in total. The lowest BCUT2D eigenvalue weighted by atomic mass is 10.1. The molecule has 0 aromatic rings. The molecule has 68 heavy (non-hydrogen) atoms. The van der Waals surface area contributed by atoms with Crippen LogP contribution in [0.15, 0.2) is 158 Å². The second-order valence-electron chi connectivity index (χ2n) is 17.0. The third-order valence-corrected chi connectivity index (χ3v) is 10.5. The van der Waals surface area contributed by atoms with E-state index in [1.807, 2.05) is 6.08 Å². The highest BCUT2D eigenvalue weighted by molar-refractivity contribution is 5.70. The topological polar surface area (TPSA) is 61.8 Å². The maximum atomic E-state index is 12.8. The summed E-state index contributed by atoms with van der Waals surface area (Å²) in [6, 6.07) is 0. The summed E-state index contributed by atoms with van der Waals surface area (Å²) in [5, 5.41) is 0. The molecule has 5 heteroatoms. The molecule has 0 aromatic carbocycles. The number of hydrogen-bond donors (Lipinski definition) is 0. The molecule has 1 atom stereocenters. The largest absolute Gasteiger partial charge is 0.462 e. The monoisotopic (exact) mass is 935 g/mol. The van der Waals surface area contributed by atoms with E-state index >= 15 is 0 Å². The van der Waals surface area contributed by atoms with E-state index in [4.69, 9.17) is 14.2 Å². The lowest BCUT2D eigenvalue weighted by Crippen LogP contribution is -2.30. The Bertz CT molecular complexity index is 1520. The Labute approximate surface area is 418 Å². The van der Waals surface area contributed by atoms with Crippen LogP contribution in [-0.4, -0.2) is 37.9 Å². The first-order valence-corrected chi connectivity index (χ1v) is 27.0. The van der Waals surface area contributed by atoms with Crippen LogP contribution >= 0.6 is 0 Å². The van der Waals surface area contributed by atoms with E-state index in [-0.39, 0.29) is 31.6 Å². The van der Waals surface area contributed by atoms with E-state index in [2.05, 4.69) is 173 Å². The van der Waals surface area contributed by atoms with Gasteiger partial charge in [0.25, 0.3) is 0 Å². The lowest BCUT2D eigenvalue weighted by Gasteiger charge is -2.18. The van der Waals surface area contributed by atoms with Crippen molar-refractivity contribution in [3.05, 3.63) is 158 Å². The number of rotatable bonds is 47. The first kappa shape index (κ1) is 63.5. The standard InChI is InChI=1S/C63H98O5/c1-4-7-10-13-16-19-22-25-27-29-31-33-35-37-40-43-46-49-52-55-58-66-59-61(68-63(65)57-54-51-48-45-42-38-24-21-18-15-12-9-6-3)60-67-62(64)56-53-50-47-44-41-39-36-34-32-30-28-26-23-20-17-14-11-8-5-2/h7-8,10-12,15-17,19-21,24-28,31-34,37,39-41,47,50,61H,4-6,9,13-14,18,22-23,29-30,35-36,38,42-46,48-49,51-60H2,1-3H3/b10-7-,11-8-,15-12-,19-16-,20-17-,24-21-,27-25-,28-26-,33-31-,34-32-,40-37-,41-39-,50-47-. The summed E-state index contributed by atoms with van der Waals surface area (Å²) < 4.78 is 17.3. The van der Waals surface area contributed by atoms with Gasteiger partial charge in [-0.2, -0.15) is 0 Å². The minimum absolute atomic E-state index is 0.0173. The molecule has 0 spiro atoms. The SMILES string of the molecule is CC/C=C\C/C=C\C/C=C\C/C=C\C/C=C\C/C=C\CCC(=O)OCC(COCCCCCC/C=C\C/C=C\C/C=C\C/C=C\C/C=C\CC)OC(=O)CCCCCCC/C=C\C/C=C\CCC. The summed E-state index contributed by atoms with van der Waals surface area (Å²) in [5.41, 5.74) is 0. The molecule has 0 aliphatic rings. The zero-order valence-electron chi connectivity index (χ0n) is 43.6. The van der Waals surface area contributed by atoms with Crippen molar-refractivity contribution < 1.29 is 23.8 Å². The Balaban J connectivity index is 4.48. The molecule has 380 valence electrons. The van der Waals surface area contributed by atoms with E-state index in [0.717, 1.165) is 141 Å². The van der Waals surface area contributed by atoms with Gasteiger partial charge in [-0.15, -0.1) is 0 Å². The zero-order chi connectivity index (χ0) is 49.2. The van der Waals surface area contributed by atoms with Crippen LogP contribution in [0.4, 0.5) is 0 Å². The van der Waals surface area contributed by atoms with Crippen molar-refractivity contribution in [1.29, 1.82) is 0 Å². The van der Waals surface area contributed by atoms with Crippen LogP contribution in [0.25, 0.3) is 0 Å². The van der Waals surface area contributed by atoms with Gasteiger partial charge < -0.3 is 14.2 Å². The molecule has 0 amide bonds. The minimum atomic E-state index is -0.601. The van der Waals surface area contributed by atoms with Crippen LogP contribution in [0.1, 0.15) is 201 Å². The van der Waals surface area contributed by atoms with E-state index in [1.54, 1.807) is 0 Å². The fourth-order valence-corrected chi connectivity index (χ4v) is 6.60. The second-order valence-corrected chi connectivity index (χ2v) is 17.0. The normalized spacial score (nSPS) is 13.5. The van der Waals surface area contributed by atoms with Gasteiger partial charge in [0.1, 0.15) is 6.61 Å². The van der Waals surface area contributed by atoms with Crippen molar-refractivity contribution in [3.63, 3.8) is 0 Å². The van der Waals surface area contributed by atoms with E-state index in [0.29, 0.717) is 19.4 Å². The molecular weight excluding hydrogens is 837 g/mol. The molecule has 0 heterocycles. The number of allylic oxidation sites excluding steroid dienone is 26. The molecule has 0 radical (unpaired) electrons. The average Bonchev–Trinajstić information content (AvgIpc) is 3.34. The van der Waals surface area contributed by atoms with Crippen molar-refractivity contribution in [3.8, 4) is 0 Å². The van der Waals surface area contributed by atoms with E-state index in [9.17, 15) is 9.59 Å². The molecule has 0 N–H and O–H groups in total. The molecule has 0 fully saturated rings. The Kier molecular flexibility index (Phi) is 53.1. The Hall–Kier alpha value is -4.48. The number of hydrogen-bond acceptors (Lipinski definition) is 5. The number of unbranched alkanes of at least 4 members (excludes halogenated alkanes) is 10. The Morgan fingerprint density at radius 3 is 1.12 bits per heavy atom. The molecule has 0 saturated carbocycles. The second kappa shape index (κ2) is 56.8. The molecule has 0 aromatic heterocycles. The summed E-state index contributed by atoms with van der Waals surface area (Å²) in [7, 11) is 0. The molecule has 1 unspecified atom stereocenters. The number of esters is 2. The van der Waals surface area contributed by atoms with Gasteiger partial charge in [0, 0.05) is 19.4 Å². The number of ether oxygens (including phenoxy) is 3. The molecule has 0 aliphatic carbocycles. The third-order valence-electron chi connectivity index (χ3n) is 10.5. The highest BCUT2D eigenvalue weighted by Gasteiger charge is 2.17. The maximum Gasteiger partial charge on any atom is 0.306 e. The molecule has 0 aliphatic heterocycles. The van der Waals surface area contributed by atoms with Crippen molar-refractivity contribution >= 4 is 11.9 Å². The van der Waals surface area contributed by atoms with Crippen LogP contribution in [0.2, 0.25) is 0 Å². The first-order chi connectivity index (χ1) is 33.6. The quantitative estimate of drug-likeness (QED) is 0.0346.